The Bertz CT molecular complexity index is 657. The molecule has 1 aliphatic carbocycles. The zero-order valence-corrected chi connectivity index (χ0v) is 16.8. The van der Waals surface area contributed by atoms with E-state index in [0.29, 0.717) is 19.3 Å². The summed E-state index contributed by atoms with van der Waals surface area (Å²) in [6.45, 7) is 3.84. The monoisotopic (exact) mass is 388 g/mol. The molecule has 1 aromatic heterocycles. The molecule has 0 aromatic carbocycles. The topological polar surface area (TPSA) is 68.2 Å². The van der Waals surface area contributed by atoms with Gasteiger partial charge in [-0.2, -0.15) is 0 Å². The third-order valence-corrected chi connectivity index (χ3v) is 5.85. The quantitative estimate of drug-likeness (QED) is 0.617. The van der Waals surface area contributed by atoms with Gasteiger partial charge >= 0.3 is 0 Å². The van der Waals surface area contributed by atoms with Crippen LogP contribution in [0.5, 0.6) is 5.88 Å². The molecular formula is C21H32N4O3. The fourth-order valence-corrected chi connectivity index (χ4v) is 4.32. The number of ether oxygens (including phenoxy) is 3. The second kappa shape index (κ2) is 9.56. The van der Waals surface area contributed by atoms with Crippen LogP contribution < -0.4 is 10.1 Å². The van der Waals surface area contributed by atoms with Crippen molar-refractivity contribution in [2.24, 2.45) is 4.99 Å². The van der Waals surface area contributed by atoms with Crippen LogP contribution in [-0.2, 0) is 16.0 Å². The molecule has 0 bridgehead atoms. The summed E-state index contributed by atoms with van der Waals surface area (Å²) >= 11 is 0. The average molecular weight is 389 g/mol. The molecule has 2 unspecified atom stereocenters. The molecule has 0 radical (unpaired) electrons. The number of nitrogens with one attached hydrogen (secondary N) is 1. The van der Waals surface area contributed by atoms with Crippen molar-refractivity contribution in [2.75, 3.05) is 33.4 Å². The second-order valence-corrected chi connectivity index (χ2v) is 7.80. The van der Waals surface area contributed by atoms with Gasteiger partial charge in [-0.05, 0) is 44.6 Å². The normalized spacial score (nSPS) is 26.6. The highest BCUT2D eigenvalue weighted by Gasteiger charge is 2.32. The zero-order chi connectivity index (χ0) is 19.2. The Balaban J connectivity index is 1.35. The highest BCUT2D eigenvalue weighted by molar-refractivity contribution is 5.80. The second-order valence-electron chi connectivity index (χ2n) is 7.80. The van der Waals surface area contributed by atoms with Gasteiger partial charge in [0.05, 0.1) is 12.7 Å². The van der Waals surface area contributed by atoms with Gasteiger partial charge in [0.1, 0.15) is 12.2 Å². The zero-order valence-electron chi connectivity index (χ0n) is 16.8. The lowest BCUT2D eigenvalue weighted by molar-refractivity contribution is -0.0817. The highest BCUT2D eigenvalue weighted by Crippen LogP contribution is 2.25. The molecule has 28 heavy (non-hydrogen) atoms. The van der Waals surface area contributed by atoms with Crippen LogP contribution in [0.4, 0.5) is 0 Å². The third-order valence-electron chi connectivity index (χ3n) is 5.85. The number of hydrogen-bond acceptors (Lipinski definition) is 5. The van der Waals surface area contributed by atoms with Crippen molar-refractivity contribution < 1.29 is 14.2 Å². The molecule has 0 spiro atoms. The first kappa shape index (κ1) is 19.5. The van der Waals surface area contributed by atoms with E-state index in [0.717, 1.165) is 62.8 Å². The number of pyridine rings is 1. The fraction of sp³-hybridized carbons (Fsp3) is 0.714. The minimum Gasteiger partial charge on any atom is -0.474 e. The smallest absolute Gasteiger partial charge is 0.218 e. The van der Waals surface area contributed by atoms with Crippen LogP contribution in [-0.4, -0.2) is 67.5 Å². The van der Waals surface area contributed by atoms with Crippen molar-refractivity contribution in [3.8, 4) is 5.88 Å². The summed E-state index contributed by atoms with van der Waals surface area (Å²) < 4.78 is 18.0. The SMILES string of the molecule is CN=C(NCc1cccnc1OC1CCCC1)N1CCOC(C2CCCO2)C1. The molecule has 154 valence electrons. The molecule has 3 aliphatic rings. The number of aromatic nitrogens is 1. The van der Waals surface area contributed by atoms with Crippen LogP contribution in [0, 0.1) is 0 Å². The van der Waals surface area contributed by atoms with Crippen LogP contribution in [0.15, 0.2) is 23.3 Å². The molecule has 1 N–H and O–H groups in total. The van der Waals surface area contributed by atoms with E-state index in [1.54, 1.807) is 6.20 Å². The van der Waals surface area contributed by atoms with E-state index in [1.165, 1.54) is 12.8 Å². The molecule has 7 nitrogen and oxygen atoms in total. The van der Waals surface area contributed by atoms with E-state index in [4.69, 9.17) is 14.2 Å². The van der Waals surface area contributed by atoms with Gasteiger partial charge in [0, 0.05) is 45.0 Å². The lowest BCUT2D eigenvalue weighted by Crippen LogP contribution is -2.53. The van der Waals surface area contributed by atoms with Crippen LogP contribution in [0.1, 0.15) is 44.1 Å². The van der Waals surface area contributed by atoms with Crippen LogP contribution >= 0.6 is 0 Å². The van der Waals surface area contributed by atoms with Gasteiger partial charge in [0.25, 0.3) is 0 Å². The van der Waals surface area contributed by atoms with E-state index in [2.05, 4.69) is 26.3 Å². The van der Waals surface area contributed by atoms with Crippen molar-refractivity contribution in [1.29, 1.82) is 0 Å². The van der Waals surface area contributed by atoms with Crippen molar-refractivity contribution in [1.82, 2.24) is 15.2 Å². The van der Waals surface area contributed by atoms with Crippen molar-refractivity contribution in [3.63, 3.8) is 0 Å². The summed E-state index contributed by atoms with van der Waals surface area (Å²) in [7, 11) is 1.83. The van der Waals surface area contributed by atoms with Gasteiger partial charge < -0.3 is 24.4 Å². The molecule has 3 fully saturated rings. The van der Waals surface area contributed by atoms with Crippen LogP contribution in [0.25, 0.3) is 0 Å². The Morgan fingerprint density at radius 1 is 1.21 bits per heavy atom. The Hall–Kier alpha value is -1.86. The van der Waals surface area contributed by atoms with E-state index in [9.17, 15) is 0 Å². The maximum absolute atomic E-state index is 6.16. The maximum atomic E-state index is 6.16. The number of nitrogens with zero attached hydrogens (tertiary/aromatic N) is 3. The first-order valence-corrected chi connectivity index (χ1v) is 10.6. The Labute approximate surface area is 167 Å². The minimum absolute atomic E-state index is 0.120. The largest absolute Gasteiger partial charge is 0.474 e. The lowest BCUT2D eigenvalue weighted by atomic mass is 10.1. The molecule has 0 amide bonds. The summed E-state index contributed by atoms with van der Waals surface area (Å²) in [6.07, 6.45) is 9.41. The standard InChI is InChI=1S/C21H32N4O3/c1-22-21(25-11-13-27-19(15-25)18-9-5-12-26-18)24-14-16-6-4-10-23-20(16)28-17-7-2-3-8-17/h4,6,10,17-19H,2-3,5,7-9,11-15H2,1H3,(H,22,24). The summed E-state index contributed by atoms with van der Waals surface area (Å²) in [5.74, 6) is 1.64. The van der Waals surface area contributed by atoms with E-state index in [1.807, 2.05) is 13.1 Å². The van der Waals surface area contributed by atoms with Crippen molar-refractivity contribution >= 4 is 5.96 Å². The van der Waals surface area contributed by atoms with Gasteiger partial charge in [0.15, 0.2) is 5.96 Å². The molecule has 1 aromatic rings. The van der Waals surface area contributed by atoms with Crippen LogP contribution in [0.3, 0.4) is 0 Å². The number of hydrogen-bond donors (Lipinski definition) is 1. The molecular weight excluding hydrogens is 356 g/mol. The van der Waals surface area contributed by atoms with Crippen LogP contribution in [0.2, 0.25) is 0 Å². The van der Waals surface area contributed by atoms with E-state index < -0.39 is 0 Å². The van der Waals surface area contributed by atoms with Gasteiger partial charge in [-0.15, -0.1) is 0 Å². The number of guanidine groups is 1. The van der Waals surface area contributed by atoms with E-state index in [-0.39, 0.29) is 12.2 Å². The highest BCUT2D eigenvalue weighted by atomic mass is 16.5. The predicted octanol–water partition coefficient (Wildman–Crippen LogP) is 2.36. The molecule has 3 heterocycles. The number of rotatable bonds is 5. The Kier molecular flexibility index (Phi) is 6.65. The molecule has 2 saturated heterocycles. The lowest BCUT2D eigenvalue weighted by Gasteiger charge is -2.37. The van der Waals surface area contributed by atoms with E-state index >= 15 is 0 Å². The van der Waals surface area contributed by atoms with Crippen molar-refractivity contribution in [2.45, 2.75) is 63.4 Å². The first-order chi connectivity index (χ1) is 13.8. The summed E-state index contributed by atoms with van der Waals surface area (Å²) in [4.78, 5) is 11.2. The van der Waals surface area contributed by atoms with Gasteiger partial charge in [0.2, 0.25) is 5.88 Å². The summed E-state index contributed by atoms with van der Waals surface area (Å²) in [6, 6.07) is 4.04. The third kappa shape index (κ3) is 4.75. The maximum Gasteiger partial charge on any atom is 0.218 e. The van der Waals surface area contributed by atoms with Gasteiger partial charge in [-0.25, -0.2) is 4.98 Å². The Morgan fingerprint density at radius 2 is 2.07 bits per heavy atom. The molecule has 2 aliphatic heterocycles. The van der Waals surface area contributed by atoms with Crippen molar-refractivity contribution in [3.05, 3.63) is 23.9 Å². The first-order valence-electron chi connectivity index (χ1n) is 10.6. The summed E-state index contributed by atoms with van der Waals surface area (Å²) in [5.41, 5.74) is 1.07. The molecule has 1 saturated carbocycles. The Morgan fingerprint density at radius 3 is 2.86 bits per heavy atom. The minimum atomic E-state index is 0.120. The number of aliphatic imine (C=N–C) groups is 1. The van der Waals surface area contributed by atoms with Gasteiger partial charge in [-0.1, -0.05) is 6.07 Å². The van der Waals surface area contributed by atoms with Gasteiger partial charge in [-0.3, -0.25) is 4.99 Å². The molecule has 4 rings (SSSR count). The number of morpholine rings is 1. The average Bonchev–Trinajstić information content (AvgIpc) is 3.44. The predicted molar refractivity (Wildman–Crippen MR) is 108 cm³/mol. The summed E-state index contributed by atoms with van der Waals surface area (Å²) in [5, 5.41) is 3.49. The molecule has 7 heteroatoms. The fourth-order valence-electron chi connectivity index (χ4n) is 4.32. The molecule has 2 atom stereocenters.